The van der Waals surface area contributed by atoms with Crippen molar-refractivity contribution in [2.75, 3.05) is 10.6 Å². The molecule has 1 amide bonds. The van der Waals surface area contributed by atoms with Gasteiger partial charge in [0.1, 0.15) is 5.69 Å². The van der Waals surface area contributed by atoms with Crippen molar-refractivity contribution in [3.63, 3.8) is 0 Å². The highest BCUT2D eigenvalue weighted by Crippen LogP contribution is 2.24. The van der Waals surface area contributed by atoms with Gasteiger partial charge in [-0.3, -0.25) is 4.79 Å². The maximum absolute atomic E-state index is 12.3. The molecule has 0 saturated heterocycles. The van der Waals surface area contributed by atoms with Gasteiger partial charge in [-0.15, -0.1) is 0 Å². The minimum Gasteiger partial charge on any atom is -0.324 e. The first kappa shape index (κ1) is 17.6. The third-order valence-corrected chi connectivity index (χ3v) is 3.93. The summed E-state index contributed by atoms with van der Waals surface area (Å²) < 4.78 is 0. The number of anilines is 3. The molecule has 0 radical (unpaired) electrons. The molecular weight excluding hydrogens is 324 g/mol. The molecule has 5 heteroatoms. The van der Waals surface area contributed by atoms with E-state index in [1.165, 1.54) is 5.56 Å². The predicted octanol–water partition coefficient (Wildman–Crippen LogP) is 4.77. The topological polar surface area (TPSA) is 66.9 Å². The second kappa shape index (κ2) is 7.35. The summed E-state index contributed by atoms with van der Waals surface area (Å²) in [6.07, 6.45) is 1.57. The molecule has 0 fully saturated rings. The number of carbonyl (C=O) groups is 1. The Morgan fingerprint density at radius 1 is 0.885 bits per heavy atom. The van der Waals surface area contributed by atoms with Gasteiger partial charge in [0.2, 0.25) is 5.95 Å². The minimum atomic E-state index is -0.273. The lowest BCUT2D eigenvalue weighted by Gasteiger charge is -2.19. The van der Waals surface area contributed by atoms with Gasteiger partial charge >= 0.3 is 0 Å². The van der Waals surface area contributed by atoms with E-state index in [1.807, 2.05) is 42.5 Å². The van der Waals surface area contributed by atoms with Crippen molar-refractivity contribution < 1.29 is 4.79 Å². The smallest absolute Gasteiger partial charge is 0.274 e. The fourth-order valence-electron chi connectivity index (χ4n) is 2.44. The van der Waals surface area contributed by atoms with Gasteiger partial charge in [0.15, 0.2) is 0 Å². The fraction of sp³-hybridized carbons (Fsp3) is 0.190. The predicted molar refractivity (Wildman–Crippen MR) is 105 cm³/mol. The van der Waals surface area contributed by atoms with Crippen LogP contribution in [0.2, 0.25) is 0 Å². The molecule has 0 saturated carbocycles. The Hall–Kier alpha value is -3.21. The van der Waals surface area contributed by atoms with E-state index in [0.29, 0.717) is 11.6 Å². The molecule has 0 unspecified atom stereocenters. The lowest BCUT2D eigenvalue weighted by Crippen LogP contribution is -2.14. The van der Waals surface area contributed by atoms with Crippen LogP contribution in [-0.2, 0) is 5.41 Å². The minimum absolute atomic E-state index is 0.102. The Balaban J connectivity index is 1.72. The Kier molecular flexibility index (Phi) is 4.98. The van der Waals surface area contributed by atoms with Crippen molar-refractivity contribution in [2.45, 2.75) is 26.2 Å². The lowest BCUT2D eigenvalue weighted by atomic mass is 9.87. The van der Waals surface area contributed by atoms with Crippen LogP contribution in [0, 0.1) is 0 Å². The highest BCUT2D eigenvalue weighted by molar-refractivity contribution is 6.02. The van der Waals surface area contributed by atoms with Gasteiger partial charge in [-0.1, -0.05) is 51.1 Å². The molecular formula is C21H22N4O. The molecule has 0 spiro atoms. The monoisotopic (exact) mass is 346 g/mol. The van der Waals surface area contributed by atoms with Crippen LogP contribution < -0.4 is 10.6 Å². The Labute approximate surface area is 153 Å². The first-order chi connectivity index (χ1) is 12.4. The number of aromatic nitrogens is 2. The molecule has 0 aliphatic heterocycles. The molecule has 0 aliphatic rings. The van der Waals surface area contributed by atoms with Crippen LogP contribution in [0.25, 0.3) is 0 Å². The number of rotatable bonds is 4. The van der Waals surface area contributed by atoms with E-state index in [1.54, 1.807) is 12.3 Å². The van der Waals surface area contributed by atoms with E-state index in [4.69, 9.17) is 0 Å². The van der Waals surface area contributed by atoms with E-state index >= 15 is 0 Å². The van der Waals surface area contributed by atoms with E-state index < -0.39 is 0 Å². The number of nitrogens with one attached hydrogen (secondary N) is 2. The van der Waals surface area contributed by atoms with Crippen molar-refractivity contribution in [2.24, 2.45) is 0 Å². The Morgan fingerprint density at radius 2 is 1.58 bits per heavy atom. The number of carbonyl (C=O) groups excluding carboxylic acids is 1. The summed E-state index contributed by atoms with van der Waals surface area (Å²) in [5.74, 6) is 0.110. The number of amides is 1. The number of para-hydroxylation sites is 1. The standard InChI is InChI=1S/C21H22N4O/c1-21(2,3)15-9-11-17(12-10-15)24-20-22-14-13-18(25-20)19(26)23-16-7-5-4-6-8-16/h4-14H,1-3H3,(H,23,26)(H,22,24,25). The normalized spacial score (nSPS) is 11.0. The summed E-state index contributed by atoms with van der Waals surface area (Å²) in [6.45, 7) is 6.52. The first-order valence-electron chi connectivity index (χ1n) is 8.49. The van der Waals surface area contributed by atoms with Crippen molar-refractivity contribution in [3.8, 4) is 0 Å². The SMILES string of the molecule is CC(C)(C)c1ccc(Nc2nccc(C(=O)Nc3ccccc3)n2)cc1. The molecule has 3 aromatic rings. The van der Waals surface area contributed by atoms with Crippen molar-refractivity contribution in [3.05, 3.63) is 78.1 Å². The molecule has 1 heterocycles. The van der Waals surface area contributed by atoms with Crippen molar-refractivity contribution in [1.82, 2.24) is 9.97 Å². The number of nitrogens with zero attached hydrogens (tertiary/aromatic N) is 2. The Morgan fingerprint density at radius 3 is 2.23 bits per heavy atom. The number of benzene rings is 2. The highest BCUT2D eigenvalue weighted by Gasteiger charge is 2.13. The van der Waals surface area contributed by atoms with E-state index in [9.17, 15) is 4.79 Å². The molecule has 132 valence electrons. The Bertz CT molecular complexity index is 884. The van der Waals surface area contributed by atoms with Gasteiger partial charge in [0, 0.05) is 17.6 Å². The average molecular weight is 346 g/mol. The molecule has 26 heavy (non-hydrogen) atoms. The van der Waals surface area contributed by atoms with E-state index in [2.05, 4.69) is 53.5 Å². The summed E-state index contributed by atoms with van der Waals surface area (Å²) in [5.41, 5.74) is 3.25. The summed E-state index contributed by atoms with van der Waals surface area (Å²) in [5, 5.41) is 5.96. The summed E-state index contributed by atoms with van der Waals surface area (Å²) in [4.78, 5) is 20.8. The highest BCUT2D eigenvalue weighted by atomic mass is 16.1. The van der Waals surface area contributed by atoms with Gasteiger partial charge in [0.05, 0.1) is 0 Å². The maximum atomic E-state index is 12.3. The van der Waals surface area contributed by atoms with Gasteiger partial charge in [0.25, 0.3) is 5.91 Å². The van der Waals surface area contributed by atoms with Crippen LogP contribution in [0.1, 0.15) is 36.8 Å². The average Bonchev–Trinajstić information content (AvgIpc) is 2.62. The molecule has 2 N–H and O–H groups in total. The van der Waals surface area contributed by atoms with Crippen LogP contribution in [0.3, 0.4) is 0 Å². The molecule has 0 atom stereocenters. The fourth-order valence-corrected chi connectivity index (χ4v) is 2.44. The summed E-state index contributed by atoms with van der Waals surface area (Å²) >= 11 is 0. The number of hydrogen-bond acceptors (Lipinski definition) is 4. The van der Waals surface area contributed by atoms with Crippen LogP contribution >= 0.6 is 0 Å². The molecule has 3 rings (SSSR count). The number of hydrogen-bond donors (Lipinski definition) is 2. The van der Waals surface area contributed by atoms with Gasteiger partial charge in [-0.2, -0.15) is 0 Å². The third kappa shape index (κ3) is 4.45. The second-order valence-corrected chi connectivity index (χ2v) is 7.04. The summed E-state index contributed by atoms with van der Waals surface area (Å²) in [6, 6.07) is 19.0. The zero-order valence-corrected chi connectivity index (χ0v) is 15.2. The molecule has 1 aromatic heterocycles. The van der Waals surface area contributed by atoms with Gasteiger partial charge in [-0.25, -0.2) is 9.97 Å². The quantitative estimate of drug-likeness (QED) is 0.714. The van der Waals surface area contributed by atoms with Crippen LogP contribution in [0.5, 0.6) is 0 Å². The zero-order chi connectivity index (χ0) is 18.6. The molecule has 0 bridgehead atoms. The van der Waals surface area contributed by atoms with Crippen molar-refractivity contribution in [1.29, 1.82) is 0 Å². The van der Waals surface area contributed by atoms with E-state index in [-0.39, 0.29) is 11.3 Å². The maximum Gasteiger partial charge on any atom is 0.274 e. The van der Waals surface area contributed by atoms with Gasteiger partial charge < -0.3 is 10.6 Å². The largest absolute Gasteiger partial charge is 0.324 e. The molecule has 5 nitrogen and oxygen atoms in total. The van der Waals surface area contributed by atoms with Gasteiger partial charge in [-0.05, 0) is 41.3 Å². The third-order valence-electron chi connectivity index (χ3n) is 3.93. The summed E-state index contributed by atoms with van der Waals surface area (Å²) in [7, 11) is 0. The van der Waals surface area contributed by atoms with Crippen LogP contribution in [-0.4, -0.2) is 15.9 Å². The zero-order valence-electron chi connectivity index (χ0n) is 15.2. The van der Waals surface area contributed by atoms with E-state index in [0.717, 1.165) is 11.4 Å². The van der Waals surface area contributed by atoms with Crippen molar-refractivity contribution >= 4 is 23.2 Å². The molecule has 2 aromatic carbocycles. The first-order valence-corrected chi connectivity index (χ1v) is 8.49. The second-order valence-electron chi connectivity index (χ2n) is 7.04. The molecule has 0 aliphatic carbocycles. The van der Waals surface area contributed by atoms with Crippen LogP contribution in [0.4, 0.5) is 17.3 Å². The van der Waals surface area contributed by atoms with Crippen LogP contribution in [0.15, 0.2) is 66.9 Å². The lowest BCUT2D eigenvalue weighted by molar-refractivity contribution is 0.102.